The minimum Gasteiger partial charge on any atom is -0.321 e. The highest BCUT2D eigenvalue weighted by Crippen LogP contribution is 2.15. The number of hydrogen-bond acceptors (Lipinski definition) is 3. The lowest BCUT2D eigenvalue weighted by Gasteiger charge is -2.14. The molecule has 0 fully saturated rings. The van der Waals surface area contributed by atoms with Crippen molar-refractivity contribution >= 4 is 11.2 Å². The highest BCUT2D eigenvalue weighted by atomic mass is 16.2. The molecular formula is C18H20N4O2. The summed E-state index contributed by atoms with van der Waals surface area (Å²) in [6, 6.07) is 7.34. The van der Waals surface area contributed by atoms with Gasteiger partial charge in [-0.25, -0.2) is 14.3 Å². The first kappa shape index (κ1) is 16.0. The monoisotopic (exact) mass is 324 g/mol. The Balaban J connectivity index is 2.51. The third-order valence-electron chi connectivity index (χ3n) is 3.95. The van der Waals surface area contributed by atoms with Crippen molar-refractivity contribution < 1.29 is 0 Å². The van der Waals surface area contributed by atoms with E-state index in [1.54, 1.807) is 17.0 Å². The molecule has 0 aliphatic heterocycles. The van der Waals surface area contributed by atoms with Crippen molar-refractivity contribution in [3.63, 3.8) is 0 Å². The van der Waals surface area contributed by atoms with E-state index in [2.05, 4.69) is 11.6 Å². The molecule has 0 atom stereocenters. The predicted molar refractivity (Wildman–Crippen MR) is 94.9 cm³/mol. The topological polar surface area (TPSA) is 61.8 Å². The van der Waals surface area contributed by atoms with Gasteiger partial charge in [0.1, 0.15) is 0 Å². The molecule has 3 aromatic rings. The summed E-state index contributed by atoms with van der Waals surface area (Å²) in [5.41, 5.74) is 1.80. The number of aryl methyl sites for hydroxylation is 1. The second-order valence-electron chi connectivity index (χ2n) is 6.08. The number of hydrogen-bond donors (Lipinski definition) is 0. The molecule has 0 bridgehead atoms. The first-order valence-electron chi connectivity index (χ1n) is 7.86. The molecule has 0 N–H and O–H groups in total. The van der Waals surface area contributed by atoms with E-state index in [-0.39, 0.29) is 17.3 Å². The van der Waals surface area contributed by atoms with E-state index in [1.165, 1.54) is 9.13 Å². The lowest BCUT2D eigenvalue weighted by molar-refractivity contribution is 0.539. The van der Waals surface area contributed by atoms with Crippen LogP contribution in [-0.2, 0) is 6.54 Å². The van der Waals surface area contributed by atoms with Crippen LogP contribution in [0, 0.1) is 6.92 Å². The Hall–Kier alpha value is -2.89. The van der Waals surface area contributed by atoms with Crippen LogP contribution in [0.5, 0.6) is 0 Å². The van der Waals surface area contributed by atoms with E-state index in [1.807, 2.05) is 45.0 Å². The number of rotatable bonds is 4. The second kappa shape index (κ2) is 5.96. The number of imidazole rings is 1. The second-order valence-corrected chi connectivity index (χ2v) is 6.08. The Labute approximate surface area is 139 Å². The zero-order chi connectivity index (χ0) is 17.4. The van der Waals surface area contributed by atoms with Crippen molar-refractivity contribution in [2.45, 2.75) is 33.4 Å². The molecule has 6 heteroatoms. The van der Waals surface area contributed by atoms with Crippen molar-refractivity contribution in [1.82, 2.24) is 18.7 Å². The average molecular weight is 324 g/mol. The fraction of sp³-hybridized carbons (Fsp3) is 0.278. The largest absolute Gasteiger partial charge is 0.337 e. The summed E-state index contributed by atoms with van der Waals surface area (Å²) in [5.74, 6) is 0. The molecule has 24 heavy (non-hydrogen) atoms. The van der Waals surface area contributed by atoms with Gasteiger partial charge in [-0.1, -0.05) is 18.2 Å². The van der Waals surface area contributed by atoms with E-state index in [4.69, 9.17) is 0 Å². The van der Waals surface area contributed by atoms with Crippen molar-refractivity contribution in [2.24, 2.45) is 0 Å². The molecule has 0 amide bonds. The number of aromatic nitrogens is 4. The Morgan fingerprint density at radius 2 is 2.04 bits per heavy atom. The maximum Gasteiger partial charge on any atom is 0.337 e. The van der Waals surface area contributed by atoms with Crippen LogP contribution in [0.2, 0.25) is 0 Å². The van der Waals surface area contributed by atoms with Gasteiger partial charge < -0.3 is 4.57 Å². The number of fused-ring (bicyclic) bond motifs is 1. The van der Waals surface area contributed by atoms with Crippen molar-refractivity contribution in [2.75, 3.05) is 0 Å². The van der Waals surface area contributed by atoms with Crippen molar-refractivity contribution in [3.05, 3.63) is 69.6 Å². The third kappa shape index (κ3) is 2.40. The lowest BCUT2D eigenvalue weighted by atomic mass is 10.2. The zero-order valence-corrected chi connectivity index (χ0v) is 14.1. The maximum atomic E-state index is 13.0. The van der Waals surface area contributed by atoms with Gasteiger partial charge in [0.25, 0.3) is 5.56 Å². The fourth-order valence-corrected chi connectivity index (χ4v) is 2.89. The summed E-state index contributed by atoms with van der Waals surface area (Å²) in [4.78, 5) is 30.2. The Kier molecular flexibility index (Phi) is 3.97. The molecule has 0 saturated heterocycles. The minimum atomic E-state index is -0.378. The van der Waals surface area contributed by atoms with Gasteiger partial charge in [0.05, 0.1) is 12.0 Å². The van der Waals surface area contributed by atoms with Gasteiger partial charge in [-0.2, -0.15) is 0 Å². The predicted octanol–water partition coefficient (Wildman–Crippen LogP) is 2.42. The van der Waals surface area contributed by atoms with Gasteiger partial charge in [-0.05, 0) is 38.5 Å². The molecule has 124 valence electrons. The van der Waals surface area contributed by atoms with E-state index < -0.39 is 0 Å². The summed E-state index contributed by atoms with van der Waals surface area (Å²) < 4.78 is 4.49. The van der Waals surface area contributed by atoms with Gasteiger partial charge in [0.2, 0.25) is 0 Å². The lowest BCUT2D eigenvalue weighted by Crippen LogP contribution is -2.41. The molecule has 0 spiro atoms. The van der Waals surface area contributed by atoms with Crippen LogP contribution in [0.3, 0.4) is 0 Å². The Morgan fingerprint density at radius 3 is 2.67 bits per heavy atom. The molecule has 2 heterocycles. The summed E-state index contributed by atoms with van der Waals surface area (Å²) in [6.45, 7) is 9.77. The van der Waals surface area contributed by atoms with Crippen LogP contribution < -0.4 is 11.2 Å². The van der Waals surface area contributed by atoms with Gasteiger partial charge >= 0.3 is 5.69 Å². The van der Waals surface area contributed by atoms with Gasteiger partial charge in [0, 0.05) is 12.6 Å². The van der Waals surface area contributed by atoms with E-state index in [0.29, 0.717) is 23.4 Å². The standard InChI is InChI=1S/C18H20N4O2/c1-5-9-20-11-19-16-15(20)17(23)21(12(2)3)18(24)22(16)14-8-6-7-13(4)10-14/h5-8,10-12H,1,9H2,2-4H3. The molecule has 0 radical (unpaired) electrons. The molecule has 0 aliphatic carbocycles. The first-order chi connectivity index (χ1) is 11.5. The molecule has 1 aromatic carbocycles. The van der Waals surface area contributed by atoms with Gasteiger partial charge in [-0.3, -0.25) is 9.36 Å². The molecule has 2 aromatic heterocycles. The SMILES string of the molecule is C=CCn1cnc2c1c(=O)n(C(C)C)c(=O)n2-c1cccc(C)c1. The van der Waals surface area contributed by atoms with E-state index in [0.717, 1.165) is 5.56 Å². The Bertz CT molecular complexity index is 1040. The molecular weight excluding hydrogens is 304 g/mol. The highest BCUT2D eigenvalue weighted by molar-refractivity contribution is 5.72. The summed E-state index contributed by atoms with van der Waals surface area (Å²) >= 11 is 0. The van der Waals surface area contributed by atoms with Crippen LogP contribution in [-0.4, -0.2) is 18.7 Å². The minimum absolute atomic E-state index is 0.252. The number of nitrogens with zero attached hydrogens (tertiary/aromatic N) is 4. The van der Waals surface area contributed by atoms with Gasteiger partial charge in [-0.15, -0.1) is 6.58 Å². The van der Waals surface area contributed by atoms with E-state index >= 15 is 0 Å². The smallest absolute Gasteiger partial charge is 0.321 e. The number of benzene rings is 1. The molecule has 0 saturated carbocycles. The molecule has 3 rings (SSSR count). The van der Waals surface area contributed by atoms with Crippen LogP contribution in [0.25, 0.3) is 16.9 Å². The molecule has 6 nitrogen and oxygen atoms in total. The normalized spacial score (nSPS) is 11.3. The third-order valence-corrected chi connectivity index (χ3v) is 3.95. The molecule has 0 aliphatic rings. The van der Waals surface area contributed by atoms with Gasteiger partial charge in [0.15, 0.2) is 11.2 Å². The quantitative estimate of drug-likeness (QED) is 0.693. The van der Waals surface area contributed by atoms with Crippen LogP contribution in [0.15, 0.2) is 52.8 Å². The zero-order valence-electron chi connectivity index (χ0n) is 14.1. The Morgan fingerprint density at radius 1 is 1.29 bits per heavy atom. The average Bonchev–Trinajstić information content (AvgIpc) is 2.91. The van der Waals surface area contributed by atoms with Crippen LogP contribution in [0.1, 0.15) is 25.5 Å². The molecule has 0 unspecified atom stereocenters. The number of allylic oxidation sites excluding steroid dienone is 1. The summed E-state index contributed by atoms with van der Waals surface area (Å²) in [7, 11) is 0. The van der Waals surface area contributed by atoms with Crippen LogP contribution >= 0.6 is 0 Å². The van der Waals surface area contributed by atoms with E-state index in [9.17, 15) is 9.59 Å². The van der Waals surface area contributed by atoms with Crippen molar-refractivity contribution in [3.8, 4) is 5.69 Å². The van der Waals surface area contributed by atoms with Crippen molar-refractivity contribution in [1.29, 1.82) is 0 Å². The first-order valence-corrected chi connectivity index (χ1v) is 7.86. The summed E-state index contributed by atoms with van der Waals surface area (Å²) in [6.07, 6.45) is 3.27. The van der Waals surface area contributed by atoms with Crippen LogP contribution in [0.4, 0.5) is 0 Å². The highest BCUT2D eigenvalue weighted by Gasteiger charge is 2.20. The summed E-state index contributed by atoms with van der Waals surface area (Å²) in [5, 5.41) is 0. The maximum absolute atomic E-state index is 13.0. The fourth-order valence-electron chi connectivity index (χ4n) is 2.89.